The molecule has 0 spiro atoms. The van der Waals surface area contributed by atoms with Crippen molar-refractivity contribution in [3.05, 3.63) is 29.3 Å². The zero-order valence-electron chi connectivity index (χ0n) is 11.0. The van der Waals surface area contributed by atoms with Crippen LogP contribution in [0.1, 0.15) is 39.0 Å². The summed E-state index contributed by atoms with van der Waals surface area (Å²) in [6.45, 7) is 2.42. The number of halogens is 1. The first kappa shape index (κ1) is 13.7. The molecule has 1 aromatic rings. The highest BCUT2D eigenvalue weighted by Gasteiger charge is 2.34. The fourth-order valence-corrected chi connectivity index (χ4v) is 2.99. The molecule has 1 aromatic carbocycles. The highest BCUT2D eigenvalue weighted by atomic mass is 35.5. The van der Waals surface area contributed by atoms with Gasteiger partial charge in [-0.25, -0.2) is 0 Å². The molecule has 0 unspecified atom stereocenters. The minimum atomic E-state index is -0.184. The number of hydrogen-bond donors (Lipinski definition) is 2. The molecule has 1 aliphatic carbocycles. The molecule has 0 bridgehead atoms. The Morgan fingerprint density at radius 2 is 2.00 bits per heavy atom. The van der Waals surface area contributed by atoms with E-state index in [1.165, 1.54) is 19.3 Å². The first-order valence-electron chi connectivity index (χ1n) is 6.83. The molecule has 0 saturated heterocycles. The van der Waals surface area contributed by atoms with E-state index in [2.05, 4.69) is 12.2 Å². The summed E-state index contributed by atoms with van der Waals surface area (Å²) in [5.41, 5.74) is 0.750. The van der Waals surface area contributed by atoms with Gasteiger partial charge in [0.15, 0.2) is 0 Å². The Morgan fingerprint density at radius 3 is 2.56 bits per heavy atom. The van der Waals surface area contributed by atoms with Crippen LogP contribution in [0.3, 0.4) is 0 Å². The molecule has 0 radical (unpaired) electrons. The van der Waals surface area contributed by atoms with Crippen LogP contribution in [0.2, 0.25) is 5.02 Å². The maximum atomic E-state index is 9.75. The number of aliphatic hydroxyl groups excluding tert-OH is 1. The van der Waals surface area contributed by atoms with Gasteiger partial charge in [-0.2, -0.15) is 0 Å². The minimum absolute atomic E-state index is 0.175. The average molecular weight is 268 g/mol. The molecule has 18 heavy (non-hydrogen) atoms. The zero-order chi connectivity index (χ0) is 13.0. The maximum Gasteiger partial charge on any atom is 0.0661 e. The zero-order valence-corrected chi connectivity index (χ0v) is 11.7. The largest absolute Gasteiger partial charge is 0.394 e. The Labute approximate surface area is 114 Å². The highest BCUT2D eigenvalue weighted by Crippen LogP contribution is 2.37. The average Bonchev–Trinajstić information content (AvgIpc) is 2.42. The van der Waals surface area contributed by atoms with Crippen LogP contribution in [0.4, 0.5) is 5.69 Å². The fourth-order valence-electron chi connectivity index (χ4n) is 2.81. The second kappa shape index (κ2) is 5.94. The van der Waals surface area contributed by atoms with E-state index < -0.39 is 0 Å². The molecular formula is C15H22ClNO. The maximum absolute atomic E-state index is 9.75. The third-order valence-electron chi connectivity index (χ3n) is 4.22. The van der Waals surface area contributed by atoms with Crippen LogP contribution in [-0.2, 0) is 0 Å². The normalized spacial score (nSPS) is 28.1. The van der Waals surface area contributed by atoms with Gasteiger partial charge in [0.25, 0.3) is 0 Å². The van der Waals surface area contributed by atoms with Crippen molar-refractivity contribution in [3.8, 4) is 0 Å². The highest BCUT2D eigenvalue weighted by molar-refractivity contribution is 6.33. The van der Waals surface area contributed by atoms with E-state index in [4.69, 9.17) is 11.6 Å². The molecule has 1 saturated carbocycles. The summed E-state index contributed by atoms with van der Waals surface area (Å²) >= 11 is 6.17. The number of hydrogen-bond acceptors (Lipinski definition) is 2. The molecule has 1 aliphatic rings. The number of para-hydroxylation sites is 1. The number of benzene rings is 1. The summed E-state index contributed by atoms with van der Waals surface area (Å²) in [6, 6.07) is 7.75. The van der Waals surface area contributed by atoms with E-state index in [1.807, 2.05) is 24.3 Å². The Morgan fingerprint density at radius 1 is 1.33 bits per heavy atom. The lowest BCUT2D eigenvalue weighted by Gasteiger charge is -2.40. The van der Waals surface area contributed by atoms with Crippen LogP contribution in [0.5, 0.6) is 0 Å². The molecule has 0 atom stereocenters. The lowest BCUT2D eigenvalue weighted by Crippen LogP contribution is -2.45. The van der Waals surface area contributed by atoms with Gasteiger partial charge in [-0.1, -0.05) is 37.1 Å². The SMILES string of the molecule is CCC1CCC(CO)(Nc2ccccc2Cl)CC1. The van der Waals surface area contributed by atoms with Crippen LogP contribution >= 0.6 is 11.6 Å². The molecule has 2 N–H and O–H groups in total. The smallest absolute Gasteiger partial charge is 0.0661 e. The molecule has 2 nitrogen and oxygen atoms in total. The third-order valence-corrected chi connectivity index (χ3v) is 4.55. The monoisotopic (exact) mass is 267 g/mol. The Hall–Kier alpha value is -0.730. The summed E-state index contributed by atoms with van der Waals surface area (Å²) < 4.78 is 0. The van der Waals surface area contributed by atoms with Crippen molar-refractivity contribution in [2.24, 2.45) is 5.92 Å². The molecule has 0 heterocycles. The Balaban J connectivity index is 2.08. The lowest BCUT2D eigenvalue weighted by molar-refractivity contribution is 0.150. The summed E-state index contributed by atoms with van der Waals surface area (Å²) in [5.74, 6) is 0.817. The molecular weight excluding hydrogens is 246 g/mol. The van der Waals surface area contributed by atoms with Crippen molar-refractivity contribution >= 4 is 17.3 Å². The minimum Gasteiger partial charge on any atom is -0.394 e. The van der Waals surface area contributed by atoms with Gasteiger partial charge in [0.1, 0.15) is 0 Å². The van der Waals surface area contributed by atoms with Gasteiger partial charge in [-0.3, -0.25) is 0 Å². The van der Waals surface area contributed by atoms with Crippen molar-refractivity contribution in [1.82, 2.24) is 0 Å². The number of anilines is 1. The van der Waals surface area contributed by atoms with Crippen molar-refractivity contribution in [1.29, 1.82) is 0 Å². The van der Waals surface area contributed by atoms with E-state index in [9.17, 15) is 5.11 Å². The van der Waals surface area contributed by atoms with E-state index in [0.29, 0.717) is 0 Å². The van der Waals surface area contributed by atoms with Crippen molar-refractivity contribution in [3.63, 3.8) is 0 Å². The van der Waals surface area contributed by atoms with Crippen LogP contribution in [0.15, 0.2) is 24.3 Å². The van der Waals surface area contributed by atoms with Gasteiger partial charge in [0.2, 0.25) is 0 Å². The number of aliphatic hydroxyl groups is 1. The van der Waals surface area contributed by atoms with Gasteiger partial charge < -0.3 is 10.4 Å². The van der Waals surface area contributed by atoms with E-state index >= 15 is 0 Å². The van der Waals surface area contributed by atoms with Crippen molar-refractivity contribution in [2.75, 3.05) is 11.9 Å². The van der Waals surface area contributed by atoms with Crippen LogP contribution in [0.25, 0.3) is 0 Å². The fraction of sp³-hybridized carbons (Fsp3) is 0.600. The first-order chi connectivity index (χ1) is 8.69. The predicted molar refractivity (Wildman–Crippen MR) is 77.1 cm³/mol. The van der Waals surface area contributed by atoms with Gasteiger partial charge in [0.05, 0.1) is 22.9 Å². The van der Waals surface area contributed by atoms with E-state index in [0.717, 1.165) is 29.5 Å². The quantitative estimate of drug-likeness (QED) is 0.861. The summed E-state index contributed by atoms with van der Waals surface area (Å²) in [6.07, 6.45) is 5.66. The predicted octanol–water partition coefficient (Wildman–Crippen LogP) is 4.08. The number of nitrogens with one attached hydrogen (secondary N) is 1. The molecule has 2 rings (SSSR count). The second-order valence-corrected chi connectivity index (χ2v) is 5.80. The van der Waals surface area contributed by atoms with Crippen molar-refractivity contribution < 1.29 is 5.11 Å². The van der Waals surface area contributed by atoms with Gasteiger partial charge >= 0.3 is 0 Å². The first-order valence-corrected chi connectivity index (χ1v) is 7.20. The molecule has 0 aromatic heterocycles. The van der Waals surface area contributed by atoms with E-state index in [-0.39, 0.29) is 12.1 Å². The lowest BCUT2D eigenvalue weighted by atomic mass is 9.76. The standard InChI is InChI=1S/C15H22ClNO/c1-2-12-7-9-15(11-18,10-8-12)17-14-6-4-3-5-13(14)16/h3-6,12,17-18H,2,7-11H2,1H3. The second-order valence-electron chi connectivity index (χ2n) is 5.39. The van der Waals surface area contributed by atoms with E-state index in [1.54, 1.807) is 0 Å². The Kier molecular flexibility index (Phi) is 4.52. The molecule has 100 valence electrons. The molecule has 1 fully saturated rings. The van der Waals surface area contributed by atoms with Crippen LogP contribution in [-0.4, -0.2) is 17.3 Å². The summed E-state index contributed by atoms with van der Waals surface area (Å²) in [4.78, 5) is 0. The summed E-state index contributed by atoms with van der Waals surface area (Å²) in [7, 11) is 0. The molecule has 3 heteroatoms. The summed E-state index contributed by atoms with van der Waals surface area (Å²) in [5, 5.41) is 13.9. The van der Waals surface area contributed by atoms with Gasteiger partial charge in [-0.05, 0) is 43.7 Å². The van der Waals surface area contributed by atoms with Crippen molar-refractivity contribution in [2.45, 2.75) is 44.6 Å². The van der Waals surface area contributed by atoms with Crippen LogP contribution < -0.4 is 5.32 Å². The Bertz CT molecular complexity index is 386. The van der Waals surface area contributed by atoms with Gasteiger partial charge in [0, 0.05) is 0 Å². The molecule has 0 aliphatic heterocycles. The van der Waals surface area contributed by atoms with Gasteiger partial charge in [-0.15, -0.1) is 0 Å². The third kappa shape index (κ3) is 2.99. The molecule has 0 amide bonds. The topological polar surface area (TPSA) is 32.3 Å². The van der Waals surface area contributed by atoms with Crippen LogP contribution in [0, 0.1) is 5.92 Å². The number of rotatable bonds is 4.